The molecule has 240 valence electrons. The van der Waals surface area contributed by atoms with Crippen molar-refractivity contribution in [3.63, 3.8) is 0 Å². The summed E-state index contributed by atoms with van der Waals surface area (Å²) >= 11 is -2.66. The maximum Gasteiger partial charge on any atom is -1.00 e. The number of fused-ring (bicyclic) bond motifs is 3. The summed E-state index contributed by atoms with van der Waals surface area (Å²) in [6, 6.07) is 24.4. The summed E-state index contributed by atoms with van der Waals surface area (Å²) in [5.74, 6) is 0.489. The van der Waals surface area contributed by atoms with Gasteiger partial charge in [-0.05, 0) is 0 Å². The first-order chi connectivity index (χ1) is 19.9. The number of rotatable bonds is 4. The van der Waals surface area contributed by atoms with Crippen molar-refractivity contribution in [1.82, 2.24) is 0 Å². The first-order valence-corrected chi connectivity index (χ1v) is 20.3. The van der Waals surface area contributed by atoms with Crippen molar-refractivity contribution in [3.8, 4) is 11.1 Å². The number of allylic oxidation sites excluding steroid dienone is 4. The fourth-order valence-electron chi connectivity index (χ4n) is 7.38. The molecule has 5 rings (SSSR count). The van der Waals surface area contributed by atoms with Gasteiger partial charge in [-0.2, -0.15) is 0 Å². The smallest absolute Gasteiger partial charge is 1.00 e. The molecule has 1 unspecified atom stereocenters. The number of hydrogen-bond acceptors (Lipinski definition) is 0. The second kappa shape index (κ2) is 13.5. The number of hydrogen-bond donors (Lipinski definition) is 0. The molecule has 0 radical (unpaired) electrons. The first-order valence-electron chi connectivity index (χ1n) is 16.5. The number of halogens is 2. The number of benzene rings is 3. The molecule has 3 heteroatoms. The van der Waals surface area contributed by atoms with Gasteiger partial charge in [-0.15, -0.1) is 0 Å². The van der Waals surface area contributed by atoms with Gasteiger partial charge in [0.15, 0.2) is 0 Å². The van der Waals surface area contributed by atoms with Crippen LogP contribution in [0, 0.1) is 18.3 Å². The predicted molar refractivity (Wildman–Crippen MR) is 186 cm³/mol. The maximum atomic E-state index is 2.64. The van der Waals surface area contributed by atoms with E-state index in [1.165, 1.54) is 33.4 Å². The SMILES string of the molecule is CCC1=[C](/[Zr+2](=[C](/C)c2ccc(C)cc2)[CH]2c3cc(C(C)(C)C)ccc3-c3ccc(C(C)(C)C)cc32)C(C)C=C1C(C)(C)C.[Cl-].[Cl-]. The maximum absolute atomic E-state index is 2.66. The van der Waals surface area contributed by atoms with Crippen LogP contribution in [0.1, 0.15) is 127 Å². The second-order valence-electron chi connectivity index (χ2n) is 16.3. The van der Waals surface area contributed by atoms with E-state index in [4.69, 9.17) is 0 Å². The standard InChI is InChI=1S/C21H25.C12H19.C9H10.2ClH.Zr/c1-20(2,3)16-7-9-18-14(12-16)11-15-13-17(21(4,5)6)8-10-19(15)18;1-6-10-7-9(2)8-11(10)12(3,4)5;1-3-9-6-4-8(2)5-7-9;;;/h7-13H,1-6H3;8-9H,6H2,1-5H3;4-7H,1-2H3;2*1H;/q;;;;;+2/p-2. The summed E-state index contributed by atoms with van der Waals surface area (Å²) in [7, 11) is 0. The molecule has 0 saturated carbocycles. The van der Waals surface area contributed by atoms with Crippen molar-refractivity contribution in [2.45, 2.75) is 111 Å². The molecule has 0 spiro atoms. The van der Waals surface area contributed by atoms with E-state index < -0.39 is 21.3 Å². The Hall–Kier alpha value is -1.53. The minimum atomic E-state index is -2.66. The summed E-state index contributed by atoms with van der Waals surface area (Å²) in [6.07, 6.45) is 3.76. The van der Waals surface area contributed by atoms with Crippen molar-refractivity contribution in [2.24, 2.45) is 11.3 Å². The summed E-state index contributed by atoms with van der Waals surface area (Å²) in [5, 5.41) is 0. The normalized spacial score (nSPS) is 16.9. The Balaban J connectivity index is 0.00000276. The Bertz CT molecular complexity index is 1600. The van der Waals surface area contributed by atoms with E-state index in [1.54, 1.807) is 25.5 Å². The molecule has 1 atom stereocenters. The van der Waals surface area contributed by atoms with Crippen LogP contribution < -0.4 is 24.8 Å². The van der Waals surface area contributed by atoms with Gasteiger partial charge in [0.1, 0.15) is 0 Å². The van der Waals surface area contributed by atoms with E-state index >= 15 is 0 Å². The number of aryl methyl sites for hydroxylation is 1. The molecule has 0 N–H and O–H groups in total. The topological polar surface area (TPSA) is 0 Å². The van der Waals surface area contributed by atoms with Gasteiger partial charge in [0.2, 0.25) is 0 Å². The molecule has 3 aromatic rings. The minimum absolute atomic E-state index is 0. The molecule has 0 bridgehead atoms. The summed E-state index contributed by atoms with van der Waals surface area (Å²) in [5.41, 5.74) is 15.5. The minimum Gasteiger partial charge on any atom is -1.00 e. The van der Waals surface area contributed by atoms with E-state index in [-0.39, 0.29) is 41.1 Å². The predicted octanol–water partition coefficient (Wildman–Crippen LogP) is 5.81. The Kier molecular flexibility index (Phi) is 11.4. The van der Waals surface area contributed by atoms with Crippen molar-refractivity contribution < 1.29 is 46.1 Å². The third-order valence-corrected chi connectivity index (χ3v) is 18.8. The van der Waals surface area contributed by atoms with Crippen LogP contribution in [0.25, 0.3) is 11.1 Å². The zero-order valence-electron chi connectivity index (χ0n) is 30.0. The molecule has 3 aromatic carbocycles. The summed E-state index contributed by atoms with van der Waals surface area (Å²) < 4.78 is 3.98. The van der Waals surface area contributed by atoms with Gasteiger partial charge >= 0.3 is 272 Å². The molecule has 0 heterocycles. The summed E-state index contributed by atoms with van der Waals surface area (Å²) in [4.78, 5) is 0. The fourth-order valence-corrected chi connectivity index (χ4v) is 17.1. The monoisotopic (exact) mass is 718 g/mol. The molecule has 0 saturated heterocycles. The van der Waals surface area contributed by atoms with Crippen molar-refractivity contribution >= 4 is 3.21 Å². The van der Waals surface area contributed by atoms with Crippen LogP contribution in [-0.2, 0) is 32.1 Å². The van der Waals surface area contributed by atoms with Crippen LogP contribution in [0.15, 0.2) is 81.2 Å². The zero-order valence-corrected chi connectivity index (χ0v) is 33.9. The Morgan fingerprint density at radius 1 is 0.689 bits per heavy atom. The van der Waals surface area contributed by atoms with Crippen molar-refractivity contribution in [3.05, 3.63) is 115 Å². The van der Waals surface area contributed by atoms with E-state index in [2.05, 4.69) is 157 Å². The van der Waals surface area contributed by atoms with Gasteiger partial charge in [0.05, 0.1) is 0 Å². The molecule has 0 nitrogen and oxygen atoms in total. The molecule has 45 heavy (non-hydrogen) atoms. The van der Waals surface area contributed by atoms with Crippen LogP contribution in [0.3, 0.4) is 0 Å². The molecule has 2 aliphatic rings. The third-order valence-electron chi connectivity index (χ3n) is 9.90. The Morgan fingerprint density at radius 2 is 1.16 bits per heavy atom. The van der Waals surface area contributed by atoms with Gasteiger partial charge in [0, 0.05) is 0 Å². The van der Waals surface area contributed by atoms with E-state index in [9.17, 15) is 0 Å². The van der Waals surface area contributed by atoms with Crippen LogP contribution >= 0.6 is 0 Å². The molecule has 2 aliphatic carbocycles. The van der Waals surface area contributed by atoms with E-state index in [0.717, 1.165) is 6.42 Å². The Morgan fingerprint density at radius 3 is 1.56 bits per heavy atom. The molecule has 0 amide bonds. The third kappa shape index (κ3) is 7.17. The average molecular weight is 721 g/mol. The second-order valence-corrected chi connectivity index (χ2v) is 22.9. The largest absolute Gasteiger partial charge is 1.00 e. The summed E-state index contributed by atoms with van der Waals surface area (Å²) in [6.45, 7) is 31.0. The molecule has 0 aromatic heterocycles. The quantitative estimate of drug-likeness (QED) is 0.320. The van der Waals surface area contributed by atoms with Crippen molar-refractivity contribution in [1.29, 1.82) is 0 Å². The van der Waals surface area contributed by atoms with Crippen LogP contribution in [0.5, 0.6) is 0 Å². The van der Waals surface area contributed by atoms with E-state index in [0.29, 0.717) is 9.54 Å². The van der Waals surface area contributed by atoms with Crippen LogP contribution in [-0.4, -0.2) is 3.21 Å². The zero-order chi connectivity index (χ0) is 31.6. The van der Waals surface area contributed by atoms with Gasteiger partial charge in [-0.3, -0.25) is 0 Å². The first kappa shape index (κ1) is 37.9. The molecule has 0 aliphatic heterocycles. The van der Waals surface area contributed by atoms with Gasteiger partial charge in [0.25, 0.3) is 0 Å². The van der Waals surface area contributed by atoms with Crippen molar-refractivity contribution in [2.75, 3.05) is 0 Å². The van der Waals surface area contributed by atoms with Crippen LogP contribution in [0.4, 0.5) is 0 Å². The average Bonchev–Trinajstić information content (AvgIpc) is 3.42. The fraction of sp³-hybridized carbons (Fsp3) is 0.452. The molecule has 0 fully saturated rings. The van der Waals surface area contributed by atoms with Gasteiger partial charge in [-0.25, -0.2) is 0 Å². The molecular formula is C42H54Cl2Zr. The van der Waals surface area contributed by atoms with Gasteiger partial charge < -0.3 is 24.8 Å². The van der Waals surface area contributed by atoms with E-state index in [1.807, 2.05) is 3.28 Å². The molecular weight excluding hydrogens is 667 g/mol. The van der Waals surface area contributed by atoms with Gasteiger partial charge in [-0.1, -0.05) is 0 Å². The van der Waals surface area contributed by atoms with Crippen LogP contribution in [0.2, 0.25) is 0 Å². The Labute approximate surface area is 295 Å².